The molecule has 1 fully saturated rings. The molecule has 0 aliphatic carbocycles. The van der Waals surface area contributed by atoms with E-state index in [2.05, 4.69) is 23.2 Å². The Morgan fingerprint density at radius 2 is 2.10 bits per heavy atom. The summed E-state index contributed by atoms with van der Waals surface area (Å²) in [5.41, 5.74) is 5.41. The second-order valence-corrected chi connectivity index (χ2v) is 5.63. The van der Waals surface area contributed by atoms with Gasteiger partial charge < -0.3 is 9.64 Å². The van der Waals surface area contributed by atoms with Crippen LogP contribution in [0, 0.1) is 0 Å². The predicted octanol–water partition coefficient (Wildman–Crippen LogP) is 2.73. The van der Waals surface area contributed by atoms with E-state index < -0.39 is 0 Å². The molecule has 2 aliphatic rings. The quantitative estimate of drug-likeness (QED) is 0.849. The first kappa shape index (κ1) is 12.5. The second kappa shape index (κ2) is 4.67. The molecule has 0 N–H and O–H groups in total. The molecule has 0 unspecified atom stereocenters. The van der Waals surface area contributed by atoms with Crippen molar-refractivity contribution in [2.24, 2.45) is 0 Å². The number of rotatable bonds is 2. The average Bonchev–Trinajstić information content (AvgIpc) is 2.72. The third-order valence-electron chi connectivity index (χ3n) is 4.32. The summed E-state index contributed by atoms with van der Waals surface area (Å²) in [6.45, 7) is 0.836. The van der Waals surface area contributed by atoms with E-state index >= 15 is 0 Å². The van der Waals surface area contributed by atoms with Crippen molar-refractivity contribution in [3.8, 4) is 11.1 Å². The van der Waals surface area contributed by atoms with Crippen LogP contribution in [0.3, 0.4) is 0 Å². The number of ether oxygens (including phenoxy) is 1. The van der Waals surface area contributed by atoms with E-state index in [-0.39, 0.29) is 12.0 Å². The summed E-state index contributed by atoms with van der Waals surface area (Å²) in [4.78, 5) is 17.8. The lowest BCUT2D eigenvalue weighted by atomic mass is 9.99. The molecule has 2 aliphatic heterocycles. The molecule has 3 heterocycles. The van der Waals surface area contributed by atoms with Crippen LogP contribution in [0.15, 0.2) is 36.7 Å². The standard InChI is InChI=1S/C17H16N2O2/c1-19-15-3-2-11(6-12(15)8-17(19)20)13-7-14(10-18-9-13)16-4-5-21-16/h2-3,6-7,9-10,16H,4-5,8H2,1H3/t16-/m0/s1. The molecule has 0 saturated carbocycles. The van der Waals surface area contributed by atoms with Gasteiger partial charge in [0.15, 0.2) is 0 Å². The maximum Gasteiger partial charge on any atom is 0.231 e. The molecular weight excluding hydrogens is 264 g/mol. The molecule has 1 saturated heterocycles. The number of nitrogens with zero attached hydrogens (tertiary/aromatic N) is 2. The van der Waals surface area contributed by atoms with Crippen LogP contribution in [-0.2, 0) is 16.0 Å². The van der Waals surface area contributed by atoms with Gasteiger partial charge in [0.25, 0.3) is 0 Å². The van der Waals surface area contributed by atoms with Crippen molar-refractivity contribution in [3.05, 3.63) is 47.8 Å². The first-order chi connectivity index (χ1) is 10.2. The normalized spacial score (nSPS) is 20.3. The number of likely N-dealkylation sites (N-methyl/N-ethyl adjacent to an activating group) is 1. The van der Waals surface area contributed by atoms with Crippen molar-refractivity contribution in [2.45, 2.75) is 18.9 Å². The Labute approximate surface area is 123 Å². The number of anilines is 1. The predicted molar refractivity (Wildman–Crippen MR) is 80.1 cm³/mol. The third-order valence-corrected chi connectivity index (χ3v) is 4.32. The first-order valence-electron chi connectivity index (χ1n) is 7.19. The highest BCUT2D eigenvalue weighted by molar-refractivity contribution is 6.01. The molecule has 1 atom stereocenters. The highest BCUT2D eigenvalue weighted by Gasteiger charge is 2.24. The van der Waals surface area contributed by atoms with Gasteiger partial charge in [0.2, 0.25) is 5.91 Å². The largest absolute Gasteiger partial charge is 0.373 e. The van der Waals surface area contributed by atoms with Gasteiger partial charge in [-0.3, -0.25) is 9.78 Å². The van der Waals surface area contributed by atoms with Gasteiger partial charge in [-0.1, -0.05) is 6.07 Å². The van der Waals surface area contributed by atoms with Crippen LogP contribution in [0.25, 0.3) is 11.1 Å². The van der Waals surface area contributed by atoms with E-state index in [0.717, 1.165) is 41.0 Å². The first-order valence-corrected chi connectivity index (χ1v) is 7.19. The fraction of sp³-hybridized carbons (Fsp3) is 0.294. The number of carbonyl (C=O) groups is 1. The summed E-state index contributed by atoms with van der Waals surface area (Å²) in [5.74, 6) is 0.150. The van der Waals surface area contributed by atoms with Crippen LogP contribution in [0.4, 0.5) is 5.69 Å². The van der Waals surface area contributed by atoms with E-state index in [1.807, 2.05) is 25.5 Å². The molecule has 4 rings (SSSR count). The number of hydrogen-bond acceptors (Lipinski definition) is 3. The third kappa shape index (κ3) is 2.03. The van der Waals surface area contributed by atoms with E-state index in [9.17, 15) is 4.79 Å². The number of pyridine rings is 1. The van der Waals surface area contributed by atoms with Gasteiger partial charge in [-0.25, -0.2) is 0 Å². The van der Waals surface area contributed by atoms with Crippen LogP contribution >= 0.6 is 0 Å². The van der Waals surface area contributed by atoms with Crippen LogP contribution in [0.5, 0.6) is 0 Å². The van der Waals surface area contributed by atoms with Crippen molar-refractivity contribution in [3.63, 3.8) is 0 Å². The Kier molecular flexibility index (Phi) is 2.79. The summed E-state index contributed by atoms with van der Waals surface area (Å²) >= 11 is 0. The lowest BCUT2D eigenvalue weighted by Crippen LogP contribution is -2.20. The number of benzene rings is 1. The summed E-state index contributed by atoms with van der Waals surface area (Å²) in [7, 11) is 1.82. The molecule has 1 aromatic heterocycles. The zero-order chi connectivity index (χ0) is 14.4. The number of fused-ring (bicyclic) bond motifs is 1. The van der Waals surface area contributed by atoms with E-state index in [1.165, 1.54) is 0 Å². The lowest BCUT2D eigenvalue weighted by molar-refractivity contribution is -0.117. The van der Waals surface area contributed by atoms with Crippen molar-refractivity contribution in [1.29, 1.82) is 0 Å². The van der Waals surface area contributed by atoms with Gasteiger partial charge in [-0.15, -0.1) is 0 Å². The fourth-order valence-electron chi connectivity index (χ4n) is 2.94. The molecular formula is C17H16N2O2. The molecule has 0 spiro atoms. The van der Waals surface area contributed by atoms with Gasteiger partial charge in [0, 0.05) is 37.1 Å². The van der Waals surface area contributed by atoms with Crippen molar-refractivity contribution < 1.29 is 9.53 Å². The lowest BCUT2D eigenvalue weighted by Gasteiger charge is -2.26. The molecule has 0 radical (unpaired) electrons. The van der Waals surface area contributed by atoms with Gasteiger partial charge >= 0.3 is 0 Å². The minimum Gasteiger partial charge on any atom is -0.373 e. The Balaban J connectivity index is 1.71. The van der Waals surface area contributed by atoms with Gasteiger partial charge in [0.05, 0.1) is 19.1 Å². The Morgan fingerprint density at radius 1 is 1.24 bits per heavy atom. The molecule has 21 heavy (non-hydrogen) atoms. The topological polar surface area (TPSA) is 42.4 Å². The van der Waals surface area contributed by atoms with E-state index in [0.29, 0.717) is 6.42 Å². The van der Waals surface area contributed by atoms with E-state index in [4.69, 9.17) is 4.74 Å². The Hall–Kier alpha value is -2.20. The SMILES string of the molecule is CN1C(=O)Cc2cc(-c3cncc([C@@H]4CCO4)c3)ccc21. The molecule has 4 heteroatoms. The number of carbonyl (C=O) groups excluding carboxylic acids is 1. The average molecular weight is 280 g/mol. The molecule has 0 bridgehead atoms. The smallest absolute Gasteiger partial charge is 0.231 e. The van der Waals surface area contributed by atoms with Crippen LogP contribution in [-0.4, -0.2) is 24.5 Å². The van der Waals surface area contributed by atoms with Crippen molar-refractivity contribution >= 4 is 11.6 Å². The van der Waals surface area contributed by atoms with Crippen LogP contribution in [0.2, 0.25) is 0 Å². The number of hydrogen-bond donors (Lipinski definition) is 0. The highest BCUT2D eigenvalue weighted by atomic mass is 16.5. The molecule has 1 amide bonds. The molecule has 106 valence electrons. The zero-order valence-electron chi connectivity index (χ0n) is 11.9. The number of amides is 1. The fourth-order valence-corrected chi connectivity index (χ4v) is 2.94. The number of aromatic nitrogens is 1. The Bertz CT molecular complexity index is 722. The highest BCUT2D eigenvalue weighted by Crippen LogP contribution is 2.34. The van der Waals surface area contributed by atoms with Gasteiger partial charge in [0.1, 0.15) is 0 Å². The summed E-state index contributed by atoms with van der Waals surface area (Å²) in [6, 6.07) is 8.30. The van der Waals surface area contributed by atoms with Crippen molar-refractivity contribution in [2.75, 3.05) is 18.6 Å². The summed E-state index contributed by atoms with van der Waals surface area (Å²) in [6.07, 6.45) is 5.48. The van der Waals surface area contributed by atoms with Crippen molar-refractivity contribution in [1.82, 2.24) is 4.98 Å². The maximum absolute atomic E-state index is 11.8. The van der Waals surface area contributed by atoms with Gasteiger partial charge in [-0.2, -0.15) is 0 Å². The van der Waals surface area contributed by atoms with Crippen LogP contribution in [0.1, 0.15) is 23.7 Å². The minimum atomic E-state index is 0.150. The summed E-state index contributed by atoms with van der Waals surface area (Å²) in [5, 5.41) is 0. The van der Waals surface area contributed by atoms with Gasteiger partial charge in [-0.05, 0) is 34.9 Å². The minimum absolute atomic E-state index is 0.150. The molecule has 2 aromatic rings. The zero-order valence-corrected chi connectivity index (χ0v) is 11.9. The van der Waals surface area contributed by atoms with E-state index in [1.54, 1.807) is 4.90 Å². The molecule has 4 nitrogen and oxygen atoms in total. The second-order valence-electron chi connectivity index (χ2n) is 5.63. The maximum atomic E-state index is 11.8. The summed E-state index contributed by atoms with van der Waals surface area (Å²) < 4.78 is 5.52. The molecule has 1 aromatic carbocycles. The van der Waals surface area contributed by atoms with Crippen LogP contribution < -0.4 is 4.90 Å². The Morgan fingerprint density at radius 3 is 2.86 bits per heavy atom. The monoisotopic (exact) mass is 280 g/mol.